The largest absolute Gasteiger partial charge is 0.309 e. The Balaban J connectivity index is 2.15. The van der Waals surface area contributed by atoms with Gasteiger partial charge in [-0.25, -0.2) is 0 Å². The van der Waals surface area contributed by atoms with E-state index in [0.717, 1.165) is 13.0 Å². The first kappa shape index (κ1) is 14.8. The second-order valence-corrected chi connectivity index (χ2v) is 6.17. The molecule has 3 rings (SSSR count). The lowest BCUT2D eigenvalue weighted by Crippen LogP contribution is -2.12. The van der Waals surface area contributed by atoms with Crippen LogP contribution in [0.1, 0.15) is 34.2 Å². The van der Waals surface area contributed by atoms with E-state index in [4.69, 9.17) is 0 Å². The first-order valence-corrected chi connectivity index (χ1v) is 7.89. The molecule has 22 heavy (non-hydrogen) atoms. The molecule has 0 spiro atoms. The molecule has 0 saturated heterocycles. The van der Waals surface area contributed by atoms with Crippen LogP contribution in [-0.2, 0) is 0 Å². The van der Waals surface area contributed by atoms with Crippen LogP contribution in [0.15, 0.2) is 48.5 Å². The number of aryl methyl sites for hydroxylation is 1. The average molecular weight is 289 g/mol. The van der Waals surface area contributed by atoms with E-state index in [-0.39, 0.29) is 0 Å². The van der Waals surface area contributed by atoms with Crippen LogP contribution in [0, 0.1) is 6.92 Å². The third-order valence-corrected chi connectivity index (χ3v) is 4.22. The summed E-state index contributed by atoms with van der Waals surface area (Å²) in [7, 11) is 4.25. The average Bonchev–Trinajstić information content (AvgIpc) is 2.66. The topological polar surface area (TPSA) is 3.24 Å². The number of hydrogen-bond donors (Lipinski definition) is 0. The molecule has 112 valence electrons. The van der Waals surface area contributed by atoms with Crippen LogP contribution in [0.5, 0.6) is 0 Å². The van der Waals surface area contributed by atoms with Crippen molar-refractivity contribution in [3.05, 3.63) is 76.4 Å². The quantitative estimate of drug-likeness (QED) is 0.665. The summed E-state index contributed by atoms with van der Waals surface area (Å²) in [6.45, 7) is 3.26. The van der Waals surface area contributed by atoms with Gasteiger partial charge in [-0.15, -0.1) is 0 Å². The summed E-state index contributed by atoms with van der Waals surface area (Å²) >= 11 is 0. The van der Waals surface area contributed by atoms with Crippen LogP contribution in [0.2, 0.25) is 0 Å². The van der Waals surface area contributed by atoms with E-state index >= 15 is 0 Å². The summed E-state index contributed by atoms with van der Waals surface area (Å²) in [5.74, 6) is 0. The fraction of sp³-hybridized carbons (Fsp3) is 0.238. The summed E-state index contributed by atoms with van der Waals surface area (Å²) < 4.78 is 0. The monoisotopic (exact) mass is 289 g/mol. The minimum absolute atomic E-state index is 1.06. The van der Waals surface area contributed by atoms with Crippen LogP contribution in [-0.4, -0.2) is 25.5 Å². The van der Waals surface area contributed by atoms with Gasteiger partial charge in [0.25, 0.3) is 0 Å². The van der Waals surface area contributed by atoms with Gasteiger partial charge in [-0.3, -0.25) is 0 Å². The normalized spacial score (nSPS) is 14.8. The highest BCUT2D eigenvalue weighted by atomic mass is 15.0. The standard InChI is InChI=1S/C21H23N/c1-16-8-6-11-20-18(16)14-13-17-9-4-5-10-19(17)21(20)12-7-15-22(2)3/h4-6,8-14H,7,15H2,1-3H3. The van der Waals surface area contributed by atoms with Crippen LogP contribution < -0.4 is 0 Å². The lowest BCUT2D eigenvalue weighted by Gasteiger charge is -2.14. The zero-order valence-corrected chi connectivity index (χ0v) is 13.6. The molecule has 1 aliphatic rings. The smallest absolute Gasteiger partial charge is 0.00101 e. The maximum atomic E-state index is 2.39. The fourth-order valence-corrected chi connectivity index (χ4v) is 3.03. The van der Waals surface area contributed by atoms with E-state index in [2.05, 4.69) is 86.6 Å². The van der Waals surface area contributed by atoms with E-state index in [1.807, 2.05) is 0 Å². The molecule has 0 unspecified atom stereocenters. The van der Waals surface area contributed by atoms with Gasteiger partial charge < -0.3 is 4.90 Å². The van der Waals surface area contributed by atoms with E-state index in [9.17, 15) is 0 Å². The first-order chi connectivity index (χ1) is 10.7. The third kappa shape index (κ3) is 2.90. The van der Waals surface area contributed by atoms with Crippen molar-refractivity contribution in [1.29, 1.82) is 0 Å². The molecule has 0 aromatic heterocycles. The first-order valence-electron chi connectivity index (χ1n) is 7.89. The number of nitrogens with zero attached hydrogens (tertiary/aromatic N) is 1. The molecule has 0 N–H and O–H groups in total. The van der Waals surface area contributed by atoms with Gasteiger partial charge in [-0.2, -0.15) is 0 Å². The molecule has 1 nitrogen and oxygen atoms in total. The predicted octanol–water partition coefficient (Wildman–Crippen LogP) is 4.86. The van der Waals surface area contributed by atoms with Crippen LogP contribution in [0.4, 0.5) is 0 Å². The number of fused-ring (bicyclic) bond motifs is 2. The lowest BCUT2D eigenvalue weighted by molar-refractivity contribution is 0.417. The van der Waals surface area contributed by atoms with Crippen molar-refractivity contribution in [2.24, 2.45) is 0 Å². The van der Waals surface area contributed by atoms with Crippen molar-refractivity contribution >= 4 is 17.7 Å². The molecule has 1 aliphatic carbocycles. The molecular formula is C21H23N. The van der Waals surface area contributed by atoms with E-state index in [1.165, 1.54) is 33.4 Å². The molecule has 0 heterocycles. The maximum absolute atomic E-state index is 2.39. The second kappa shape index (κ2) is 6.33. The number of benzene rings is 2. The van der Waals surface area contributed by atoms with Gasteiger partial charge in [-0.1, -0.05) is 60.7 Å². The maximum Gasteiger partial charge on any atom is 0.00101 e. The molecular weight excluding hydrogens is 266 g/mol. The Morgan fingerprint density at radius 3 is 2.50 bits per heavy atom. The molecule has 0 aliphatic heterocycles. The lowest BCUT2D eigenvalue weighted by atomic mass is 9.91. The van der Waals surface area contributed by atoms with Crippen molar-refractivity contribution in [3.63, 3.8) is 0 Å². The molecule has 0 saturated carbocycles. The van der Waals surface area contributed by atoms with Gasteiger partial charge in [-0.05, 0) is 60.8 Å². The Morgan fingerprint density at radius 2 is 1.68 bits per heavy atom. The third-order valence-electron chi connectivity index (χ3n) is 4.22. The summed E-state index contributed by atoms with van der Waals surface area (Å²) in [6.07, 6.45) is 7.96. The highest BCUT2D eigenvalue weighted by Crippen LogP contribution is 2.35. The van der Waals surface area contributed by atoms with Crippen LogP contribution in [0.3, 0.4) is 0 Å². The van der Waals surface area contributed by atoms with Gasteiger partial charge >= 0.3 is 0 Å². The Morgan fingerprint density at radius 1 is 0.909 bits per heavy atom. The van der Waals surface area contributed by atoms with Gasteiger partial charge in [0.1, 0.15) is 0 Å². The second-order valence-electron chi connectivity index (χ2n) is 6.17. The highest BCUT2D eigenvalue weighted by Gasteiger charge is 2.15. The number of hydrogen-bond acceptors (Lipinski definition) is 1. The van der Waals surface area contributed by atoms with Crippen molar-refractivity contribution in [2.75, 3.05) is 20.6 Å². The van der Waals surface area contributed by atoms with E-state index in [0.29, 0.717) is 0 Å². The van der Waals surface area contributed by atoms with E-state index < -0.39 is 0 Å². The Bertz CT molecular complexity index is 735. The number of rotatable bonds is 3. The molecule has 2 aromatic carbocycles. The molecule has 0 bridgehead atoms. The van der Waals surface area contributed by atoms with Crippen molar-refractivity contribution in [3.8, 4) is 0 Å². The molecule has 2 aromatic rings. The van der Waals surface area contributed by atoms with Crippen molar-refractivity contribution < 1.29 is 0 Å². The van der Waals surface area contributed by atoms with Crippen LogP contribution >= 0.6 is 0 Å². The Hall–Kier alpha value is -2.12. The molecule has 0 atom stereocenters. The zero-order valence-electron chi connectivity index (χ0n) is 13.6. The zero-order chi connectivity index (χ0) is 15.5. The van der Waals surface area contributed by atoms with Crippen LogP contribution in [0.25, 0.3) is 17.7 Å². The van der Waals surface area contributed by atoms with Gasteiger partial charge in [0.2, 0.25) is 0 Å². The van der Waals surface area contributed by atoms with Crippen molar-refractivity contribution in [1.82, 2.24) is 4.90 Å². The van der Waals surface area contributed by atoms with Gasteiger partial charge in [0.15, 0.2) is 0 Å². The predicted molar refractivity (Wildman–Crippen MR) is 96.8 cm³/mol. The fourth-order valence-electron chi connectivity index (χ4n) is 3.03. The van der Waals surface area contributed by atoms with Gasteiger partial charge in [0, 0.05) is 6.54 Å². The minimum atomic E-state index is 1.06. The minimum Gasteiger partial charge on any atom is -0.309 e. The highest BCUT2D eigenvalue weighted by molar-refractivity contribution is 5.94. The summed E-state index contributed by atoms with van der Waals surface area (Å²) in [6, 6.07) is 15.3. The summed E-state index contributed by atoms with van der Waals surface area (Å²) in [4.78, 5) is 2.23. The van der Waals surface area contributed by atoms with Crippen molar-refractivity contribution in [2.45, 2.75) is 13.3 Å². The Kier molecular flexibility index (Phi) is 4.26. The summed E-state index contributed by atoms with van der Waals surface area (Å²) in [5, 5.41) is 0. The van der Waals surface area contributed by atoms with Gasteiger partial charge in [0.05, 0.1) is 0 Å². The molecule has 0 radical (unpaired) electrons. The molecule has 0 amide bonds. The molecule has 1 heteroatoms. The SMILES string of the molecule is Cc1cccc2c1C=Cc1ccccc1C2=CCCN(C)C. The molecule has 0 fully saturated rings. The Labute approximate surface area is 133 Å². The van der Waals surface area contributed by atoms with E-state index in [1.54, 1.807) is 0 Å². The summed E-state index contributed by atoms with van der Waals surface area (Å²) in [5.41, 5.74) is 8.02.